The molecule has 2 atom stereocenters. The number of ether oxygens (including phenoxy) is 1. The van der Waals surface area contributed by atoms with Crippen LogP contribution in [0.5, 0.6) is 17.2 Å². The van der Waals surface area contributed by atoms with E-state index in [9.17, 15) is 0 Å². The van der Waals surface area contributed by atoms with Gasteiger partial charge in [-0.05, 0) is 90.3 Å². The summed E-state index contributed by atoms with van der Waals surface area (Å²) in [4.78, 5) is 0.923. The molecule has 0 heterocycles. The van der Waals surface area contributed by atoms with E-state index in [4.69, 9.17) is 9.84 Å². The van der Waals surface area contributed by atoms with Gasteiger partial charge in [-0.3, -0.25) is 0 Å². The third kappa shape index (κ3) is 4.37. The molecule has 3 heteroatoms. The molecular formula is C27H31O2S+. The first-order valence-electron chi connectivity index (χ1n) is 10.7. The molecule has 3 aromatic rings. The lowest BCUT2D eigenvalue weighted by Crippen LogP contribution is -2.41. The van der Waals surface area contributed by atoms with Crippen LogP contribution in [0.15, 0.2) is 77.7 Å². The predicted octanol–water partition coefficient (Wildman–Crippen LogP) is 7.34. The number of hydrogen-bond donors (Lipinski definition) is 1. The van der Waals surface area contributed by atoms with E-state index in [1.165, 1.54) is 17.5 Å². The molecular weight excluding hydrogens is 388 g/mol. The van der Waals surface area contributed by atoms with Crippen molar-refractivity contribution in [1.82, 2.24) is 0 Å². The van der Waals surface area contributed by atoms with Gasteiger partial charge in [0.1, 0.15) is 11.5 Å². The Balaban J connectivity index is 1.70. The van der Waals surface area contributed by atoms with Gasteiger partial charge in [0.05, 0.1) is 0 Å². The van der Waals surface area contributed by atoms with Gasteiger partial charge in [0.25, 0.3) is 5.75 Å². The number of thiol groups is 1. The van der Waals surface area contributed by atoms with E-state index in [2.05, 4.69) is 69.8 Å². The molecule has 0 aromatic heterocycles. The van der Waals surface area contributed by atoms with Crippen molar-refractivity contribution in [1.29, 1.82) is 0 Å². The zero-order valence-electron chi connectivity index (χ0n) is 18.0. The van der Waals surface area contributed by atoms with Crippen LogP contribution in [-0.4, -0.2) is 5.11 Å². The lowest BCUT2D eigenvalue weighted by molar-refractivity contribution is 0.127. The van der Waals surface area contributed by atoms with E-state index in [0.29, 0.717) is 11.7 Å². The second kappa shape index (κ2) is 8.03. The van der Waals surface area contributed by atoms with Gasteiger partial charge in [-0.1, -0.05) is 32.9 Å². The van der Waals surface area contributed by atoms with Crippen LogP contribution in [0.3, 0.4) is 0 Å². The van der Waals surface area contributed by atoms with Gasteiger partial charge in [-0.25, -0.2) is 0 Å². The summed E-state index contributed by atoms with van der Waals surface area (Å²) in [6, 6.07) is 24.5. The predicted molar refractivity (Wildman–Crippen MR) is 127 cm³/mol. The topological polar surface area (TPSA) is 32.1 Å². The Bertz CT molecular complexity index is 991. The SMILES string of the molecule is CC1CC(C)(C)CC(c2ccc([OH2+])cc2)(c2ccc(Oc3ccc(S)cc3)cc2)C1. The summed E-state index contributed by atoms with van der Waals surface area (Å²) in [6.45, 7) is 7.15. The molecule has 0 amide bonds. The van der Waals surface area contributed by atoms with Crippen molar-refractivity contribution in [3.05, 3.63) is 83.9 Å². The molecule has 1 saturated carbocycles. The van der Waals surface area contributed by atoms with E-state index in [1.807, 2.05) is 36.4 Å². The third-order valence-electron chi connectivity index (χ3n) is 6.30. The Labute approximate surface area is 185 Å². The van der Waals surface area contributed by atoms with Gasteiger partial charge in [-0.2, -0.15) is 0 Å². The van der Waals surface area contributed by atoms with Gasteiger partial charge in [0, 0.05) is 22.4 Å². The molecule has 0 spiro atoms. The molecule has 2 N–H and O–H groups in total. The van der Waals surface area contributed by atoms with E-state index in [-0.39, 0.29) is 10.8 Å². The van der Waals surface area contributed by atoms with Crippen LogP contribution < -0.4 is 4.74 Å². The highest BCUT2D eigenvalue weighted by atomic mass is 32.1. The molecule has 0 radical (unpaired) electrons. The van der Waals surface area contributed by atoms with Crippen LogP contribution in [0.25, 0.3) is 0 Å². The lowest BCUT2D eigenvalue weighted by atomic mass is 9.55. The number of rotatable bonds is 4. The van der Waals surface area contributed by atoms with Crippen LogP contribution in [0, 0.1) is 11.3 Å². The molecule has 1 aliphatic rings. The summed E-state index contributed by atoms with van der Waals surface area (Å²) < 4.78 is 6.03. The van der Waals surface area contributed by atoms with Crippen LogP contribution in [0.4, 0.5) is 0 Å². The molecule has 0 saturated heterocycles. The highest BCUT2D eigenvalue weighted by molar-refractivity contribution is 7.80. The van der Waals surface area contributed by atoms with E-state index in [0.717, 1.165) is 29.2 Å². The van der Waals surface area contributed by atoms with Crippen molar-refractivity contribution < 1.29 is 9.84 Å². The molecule has 156 valence electrons. The molecule has 0 bridgehead atoms. The maximum Gasteiger partial charge on any atom is 0.253 e. The average Bonchev–Trinajstić information content (AvgIpc) is 2.69. The minimum absolute atomic E-state index is 0.0406. The van der Waals surface area contributed by atoms with E-state index < -0.39 is 0 Å². The second-order valence-electron chi connectivity index (χ2n) is 9.63. The molecule has 1 aliphatic carbocycles. The Morgan fingerprint density at radius 2 is 1.30 bits per heavy atom. The maximum atomic E-state index is 7.92. The zero-order valence-corrected chi connectivity index (χ0v) is 18.9. The second-order valence-corrected chi connectivity index (χ2v) is 10.2. The van der Waals surface area contributed by atoms with Crippen LogP contribution in [0.2, 0.25) is 0 Å². The zero-order chi connectivity index (χ0) is 21.4. The smallest absolute Gasteiger partial charge is 0.253 e. The largest absolute Gasteiger partial charge is 0.593 e. The van der Waals surface area contributed by atoms with Crippen molar-refractivity contribution >= 4 is 12.6 Å². The molecule has 1 fully saturated rings. The minimum atomic E-state index is -0.0406. The fourth-order valence-electron chi connectivity index (χ4n) is 5.46. The molecule has 2 nitrogen and oxygen atoms in total. The van der Waals surface area contributed by atoms with Gasteiger partial charge in [0.15, 0.2) is 0 Å². The standard InChI is InChI=1S/C27H30O2S/c1-19-16-26(2,3)18-27(17-19,20-4-8-22(28)9-5-20)21-6-10-23(11-7-21)29-24-12-14-25(30)15-13-24/h4-15,19,28,30H,16-18H2,1-3H3/p+1. The van der Waals surface area contributed by atoms with Gasteiger partial charge < -0.3 is 9.84 Å². The summed E-state index contributed by atoms with van der Waals surface area (Å²) in [5.74, 6) is 2.85. The van der Waals surface area contributed by atoms with Gasteiger partial charge in [-0.15, -0.1) is 12.6 Å². The lowest BCUT2D eigenvalue weighted by Gasteiger charge is -2.48. The highest BCUT2D eigenvalue weighted by Gasteiger charge is 2.45. The van der Waals surface area contributed by atoms with Crippen molar-refractivity contribution in [3.63, 3.8) is 0 Å². The van der Waals surface area contributed by atoms with Crippen molar-refractivity contribution in [3.8, 4) is 17.2 Å². The van der Waals surface area contributed by atoms with E-state index >= 15 is 0 Å². The Kier molecular flexibility index (Phi) is 5.59. The van der Waals surface area contributed by atoms with Crippen LogP contribution >= 0.6 is 12.6 Å². The van der Waals surface area contributed by atoms with Crippen molar-refractivity contribution in [2.24, 2.45) is 11.3 Å². The van der Waals surface area contributed by atoms with Gasteiger partial charge in [0.2, 0.25) is 0 Å². The fraction of sp³-hybridized carbons (Fsp3) is 0.333. The molecule has 30 heavy (non-hydrogen) atoms. The molecule has 3 aromatic carbocycles. The Morgan fingerprint density at radius 1 is 0.800 bits per heavy atom. The first kappa shape index (κ1) is 20.9. The summed E-state index contributed by atoms with van der Waals surface area (Å²) in [7, 11) is 0. The first-order valence-corrected chi connectivity index (χ1v) is 11.1. The Morgan fingerprint density at radius 3 is 1.83 bits per heavy atom. The van der Waals surface area contributed by atoms with Crippen molar-refractivity contribution in [2.45, 2.75) is 50.3 Å². The van der Waals surface area contributed by atoms with Crippen LogP contribution in [0.1, 0.15) is 51.2 Å². The quantitative estimate of drug-likeness (QED) is 0.348. The van der Waals surface area contributed by atoms with Crippen LogP contribution in [-0.2, 0) is 5.41 Å². The summed E-state index contributed by atoms with van der Waals surface area (Å²) >= 11 is 4.33. The maximum absolute atomic E-state index is 7.92. The number of hydrogen-bond acceptors (Lipinski definition) is 2. The summed E-state index contributed by atoms with van der Waals surface area (Å²) in [5.41, 5.74) is 2.87. The summed E-state index contributed by atoms with van der Waals surface area (Å²) in [6.07, 6.45) is 3.47. The monoisotopic (exact) mass is 419 g/mol. The fourth-order valence-corrected chi connectivity index (χ4v) is 5.61. The molecule has 4 rings (SSSR count). The summed E-state index contributed by atoms with van der Waals surface area (Å²) in [5, 5.41) is 7.92. The molecule has 0 aliphatic heterocycles. The van der Waals surface area contributed by atoms with Gasteiger partial charge >= 0.3 is 0 Å². The Hall–Kier alpha value is -2.39. The molecule has 2 unspecified atom stereocenters. The highest BCUT2D eigenvalue weighted by Crippen LogP contribution is 2.53. The minimum Gasteiger partial charge on any atom is -0.593 e. The van der Waals surface area contributed by atoms with Crippen molar-refractivity contribution in [2.75, 3.05) is 0 Å². The first-order chi connectivity index (χ1) is 14.3. The van der Waals surface area contributed by atoms with E-state index in [1.54, 1.807) is 0 Å². The normalized spacial score (nSPS) is 23.1. The third-order valence-corrected chi connectivity index (χ3v) is 6.59. The number of benzene rings is 3. The average molecular weight is 420 g/mol.